The van der Waals surface area contributed by atoms with E-state index in [2.05, 4.69) is 52.3 Å². The van der Waals surface area contributed by atoms with E-state index in [1.54, 1.807) is 0 Å². The topological polar surface area (TPSA) is 26.0 Å². The first-order valence-corrected chi connectivity index (χ1v) is 7.48. The minimum atomic E-state index is 0.209. The average molecular weight is 304 g/mol. The van der Waals surface area contributed by atoms with Gasteiger partial charge in [-0.3, -0.25) is 0 Å². The van der Waals surface area contributed by atoms with Crippen LogP contribution in [0.3, 0.4) is 0 Å². The molecule has 1 atom stereocenters. The number of benzene rings is 2. The standard InChI is InChI=1S/C16H18BrN/c17-15-8-7-12-9-14(6-5-13(12)10-15)16(18)11-3-1-2-4-11/h5-11,16H,1-4,18H2. The summed E-state index contributed by atoms with van der Waals surface area (Å²) in [7, 11) is 0. The van der Waals surface area contributed by atoms with Crippen LogP contribution in [-0.2, 0) is 0 Å². The highest BCUT2D eigenvalue weighted by molar-refractivity contribution is 9.10. The fourth-order valence-electron chi connectivity index (χ4n) is 3.03. The van der Waals surface area contributed by atoms with Crippen LogP contribution in [-0.4, -0.2) is 0 Å². The van der Waals surface area contributed by atoms with Crippen LogP contribution in [0.15, 0.2) is 40.9 Å². The first kappa shape index (κ1) is 12.2. The van der Waals surface area contributed by atoms with Crippen LogP contribution in [0, 0.1) is 5.92 Å². The summed E-state index contributed by atoms with van der Waals surface area (Å²) < 4.78 is 1.13. The Morgan fingerprint density at radius 2 is 1.67 bits per heavy atom. The Balaban J connectivity index is 1.94. The highest BCUT2D eigenvalue weighted by Gasteiger charge is 2.23. The lowest BCUT2D eigenvalue weighted by molar-refractivity contribution is 0.445. The van der Waals surface area contributed by atoms with Gasteiger partial charge in [0.05, 0.1) is 0 Å². The van der Waals surface area contributed by atoms with Crippen LogP contribution in [0.2, 0.25) is 0 Å². The third kappa shape index (κ3) is 2.32. The highest BCUT2D eigenvalue weighted by atomic mass is 79.9. The average Bonchev–Trinajstić information content (AvgIpc) is 2.91. The normalized spacial score (nSPS) is 18.3. The summed E-state index contributed by atoms with van der Waals surface area (Å²) in [6.07, 6.45) is 5.27. The summed E-state index contributed by atoms with van der Waals surface area (Å²) in [5.41, 5.74) is 7.70. The van der Waals surface area contributed by atoms with E-state index in [0.29, 0.717) is 5.92 Å². The van der Waals surface area contributed by atoms with E-state index in [9.17, 15) is 0 Å². The van der Waals surface area contributed by atoms with Crippen molar-refractivity contribution in [2.45, 2.75) is 31.7 Å². The first-order chi connectivity index (χ1) is 8.74. The van der Waals surface area contributed by atoms with Crippen molar-refractivity contribution in [1.29, 1.82) is 0 Å². The molecule has 18 heavy (non-hydrogen) atoms. The molecule has 2 heteroatoms. The first-order valence-electron chi connectivity index (χ1n) is 6.69. The zero-order valence-electron chi connectivity index (χ0n) is 10.4. The molecular weight excluding hydrogens is 286 g/mol. The summed E-state index contributed by atoms with van der Waals surface area (Å²) in [4.78, 5) is 0. The molecule has 1 fully saturated rings. The molecule has 0 amide bonds. The molecule has 1 aliphatic rings. The second kappa shape index (κ2) is 5.02. The molecule has 0 spiro atoms. The Labute approximate surface area is 117 Å². The van der Waals surface area contributed by atoms with Crippen molar-refractivity contribution in [2.75, 3.05) is 0 Å². The fraction of sp³-hybridized carbons (Fsp3) is 0.375. The van der Waals surface area contributed by atoms with Gasteiger partial charge in [0.15, 0.2) is 0 Å². The molecule has 2 aromatic rings. The largest absolute Gasteiger partial charge is 0.324 e. The smallest absolute Gasteiger partial charge is 0.0323 e. The van der Waals surface area contributed by atoms with Crippen molar-refractivity contribution in [2.24, 2.45) is 11.7 Å². The molecule has 2 aromatic carbocycles. The monoisotopic (exact) mass is 303 g/mol. The van der Waals surface area contributed by atoms with Crippen molar-refractivity contribution >= 4 is 26.7 Å². The summed E-state index contributed by atoms with van der Waals surface area (Å²) in [6.45, 7) is 0. The van der Waals surface area contributed by atoms with Gasteiger partial charge in [-0.2, -0.15) is 0 Å². The van der Waals surface area contributed by atoms with Gasteiger partial charge in [-0.1, -0.05) is 47.0 Å². The van der Waals surface area contributed by atoms with Crippen LogP contribution >= 0.6 is 15.9 Å². The lowest BCUT2D eigenvalue weighted by Gasteiger charge is -2.19. The summed E-state index contributed by atoms with van der Waals surface area (Å²) in [5, 5.41) is 2.55. The van der Waals surface area contributed by atoms with Gasteiger partial charge in [0.2, 0.25) is 0 Å². The third-order valence-corrected chi connectivity index (χ3v) is 4.61. The van der Waals surface area contributed by atoms with E-state index in [-0.39, 0.29) is 6.04 Å². The van der Waals surface area contributed by atoms with Crippen molar-refractivity contribution in [3.63, 3.8) is 0 Å². The van der Waals surface area contributed by atoms with Gasteiger partial charge in [0.25, 0.3) is 0 Å². The molecule has 3 rings (SSSR count). The Kier molecular flexibility index (Phi) is 3.40. The molecule has 0 radical (unpaired) electrons. The SMILES string of the molecule is NC(c1ccc2cc(Br)ccc2c1)C1CCCC1. The number of halogens is 1. The molecule has 1 saturated carbocycles. The second-order valence-corrected chi connectivity index (χ2v) is 6.24. The number of nitrogens with two attached hydrogens (primary N) is 1. The zero-order chi connectivity index (χ0) is 12.5. The number of fused-ring (bicyclic) bond motifs is 1. The predicted molar refractivity (Wildman–Crippen MR) is 80.5 cm³/mol. The lowest BCUT2D eigenvalue weighted by Crippen LogP contribution is -2.18. The molecule has 0 saturated heterocycles. The molecule has 94 valence electrons. The van der Waals surface area contributed by atoms with Gasteiger partial charge in [-0.05, 0) is 53.3 Å². The minimum absolute atomic E-state index is 0.209. The van der Waals surface area contributed by atoms with E-state index in [1.165, 1.54) is 42.0 Å². The predicted octanol–water partition coefficient (Wildman–Crippen LogP) is 4.79. The molecule has 0 bridgehead atoms. The van der Waals surface area contributed by atoms with Crippen molar-refractivity contribution in [3.05, 3.63) is 46.4 Å². The molecule has 0 heterocycles. The van der Waals surface area contributed by atoms with E-state index in [4.69, 9.17) is 5.73 Å². The maximum absolute atomic E-state index is 6.41. The van der Waals surface area contributed by atoms with Gasteiger partial charge < -0.3 is 5.73 Å². The van der Waals surface area contributed by atoms with Gasteiger partial charge in [0, 0.05) is 10.5 Å². The van der Waals surface area contributed by atoms with Gasteiger partial charge in [0.1, 0.15) is 0 Å². The van der Waals surface area contributed by atoms with Gasteiger partial charge >= 0.3 is 0 Å². The van der Waals surface area contributed by atoms with E-state index < -0.39 is 0 Å². The minimum Gasteiger partial charge on any atom is -0.324 e. The molecule has 0 aliphatic heterocycles. The molecule has 1 nitrogen and oxygen atoms in total. The maximum Gasteiger partial charge on any atom is 0.0323 e. The van der Waals surface area contributed by atoms with E-state index in [1.807, 2.05) is 0 Å². The van der Waals surface area contributed by atoms with Crippen LogP contribution in [0.1, 0.15) is 37.3 Å². The second-order valence-electron chi connectivity index (χ2n) is 5.32. The number of hydrogen-bond acceptors (Lipinski definition) is 1. The lowest BCUT2D eigenvalue weighted by atomic mass is 9.91. The van der Waals surface area contributed by atoms with Gasteiger partial charge in [-0.25, -0.2) is 0 Å². The Morgan fingerprint density at radius 3 is 2.44 bits per heavy atom. The Bertz CT molecular complexity index is 558. The van der Waals surface area contributed by atoms with Crippen molar-refractivity contribution in [3.8, 4) is 0 Å². The summed E-state index contributed by atoms with van der Waals surface area (Å²) >= 11 is 3.51. The highest BCUT2D eigenvalue weighted by Crippen LogP contribution is 2.35. The molecule has 0 aromatic heterocycles. The number of rotatable bonds is 2. The van der Waals surface area contributed by atoms with Gasteiger partial charge in [-0.15, -0.1) is 0 Å². The maximum atomic E-state index is 6.41. The van der Waals surface area contributed by atoms with E-state index >= 15 is 0 Å². The summed E-state index contributed by atoms with van der Waals surface area (Å²) in [6, 6.07) is 13.2. The zero-order valence-corrected chi connectivity index (χ0v) is 12.0. The van der Waals surface area contributed by atoms with Crippen molar-refractivity contribution in [1.82, 2.24) is 0 Å². The fourth-order valence-corrected chi connectivity index (χ4v) is 3.41. The van der Waals surface area contributed by atoms with Crippen LogP contribution < -0.4 is 5.73 Å². The van der Waals surface area contributed by atoms with Crippen LogP contribution in [0.4, 0.5) is 0 Å². The Morgan fingerprint density at radius 1 is 1.00 bits per heavy atom. The van der Waals surface area contributed by atoms with E-state index in [0.717, 1.165) is 4.47 Å². The van der Waals surface area contributed by atoms with Crippen LogP contribution in [0.5, 0.6) is 0 Å². The molecule has 1 aliphatic carbocycles. The Hall–Kier alpha value is -0.860. The number of hydrogen-bond donors (Lipinski definition) is 1. The molecule has 2 N–H and O–H groups in total. The molecular formula is C16H18BrN. The summed E-state index contributed by atoms with van der Waals surface area (Å²) in [5.74, 6) is 0.679. The van der Waals surface area contributed by atoms with Crippen LogP contribution in [0.25, 0.3) is 10.8 Å². The quantitative estimate of drug-likeness (QED) is 0.848. The van der Waals surface area contributed by atoms with Crippen molar-refractivity contribution < 1.29 is 0 Å². The molecule has 1 unspecified atom stereocenters. The third-order valence-electron chi connectivity index (χ3n) is 4.12.